The molecule has 2 aromatic carbocycles. The number of fused-ring (bicyclic) bond motifs is 1. The zero-order valence-electron chi connectivity index (χ0n) is 14.2. The number of rotatable bonds is 4. The first kappa shape index (κ1) is 17.2. The third-order valence-electron chi connectivity index (χ3n) is 4.76. The molecule has 3 N–H and O–H groups in total. The second-order valence-electron chi connectivity index (χ2n) is 6.70. The van der Waals surface area contributed by atoms with Crippen molar-refractivity contribution in [2.75, 3.05) is 19.0 Å². The summed E-state index contributed by atoms with van der Waals surface area (Å²) in [5.74, 6) is 0. The van der Waals surface area contributed by atoms with Crippen LogP contribution in [-0.4, -0.2) is 34.6 Å². The Kier molecular flexibility index (Phi) is 4.80. The number of nitrogens with zero attached hydrogens (tertiary/aromatic N) is 1. The average molecular weight is 347 g/mol. The minimum atomic E-state index is -3.61. The highest BCUT2D eigenvalue weighted by atomic mass is 32.2. The molecule has 0 spiro atoms. The van der Waals surface area contributed by atoms with Crippen LogP contribution in [0.15, 0.2) is 41.3 Å². The van der Waals surface area contributed by atoms with Gasteiger partial charge in [-0.1, -0.05) is 37.1 Å². The first-order chi connectivity index (χ1) is 11.4. The highest BCUT2D eigenvalue weighted by Crippen LogP contribution is 2.30. The number of nitrogens with two attached hydrogens (primary N) is 1. The summed E-state index contributed by atoms with van der Waals surface area (Å²) >= 11 is 0. The van der Waals surface area contributed by atoms with Gasteiger partial charge in [0.15, 0.2) is 0 Å². The van der Waals surface area contributed by atoms with E-state index in [0.29, 0.717) is 4.90 Å². The fourth-order valence-electron chi connectivity index (χ4n) is 3.46. The molecule has 24 heavy (non-hydrogen) atoms. The Balaban J connectivity index is 2.03. The van der Waals surface area contributed by atoms with Crippen molar-refractivity contribution in [3.05, 3.63) is 36.4 Å². The van der Waals surface area contributed by atoms with Crippen LogP contribution in [0.5, 0.6) is 0 Å². The van der Waals surface area contributed by atoms with Crippen molar-refractivity contribution in [1.29, 1.82) is 0 Å². The summed E-state index contributed by atoms with van der Waals surface area (Å²) in [6.07, 6.45) is 3.75. The van der Waals surface area contributed by atoms with E-state index >= 15 is 0 Å². The van der Waals surface area contributed by atoms with Gasteiger partial charge < -0.3 is 10.6 Å². The summed E-state index contributed by atoms with van der Waals surface area (Å²) in [4.78, 5) is 2.31. The topological polar surface area (TPSA) is 75.4 Å². The zero-order valence-corrected chi connectivity index (χ0v) is 15.0. The fraction of sp³-hybridized carbons (Fsp3) is 0.444. The molecular weight excluding hydrogens is 322 g/mol. The lowest BCUT2D eigenvalue weighted by atomic mass is 9.92. The number of sulfonamides is 1. The number of nitrogens with one attached hydrogen (secondary N) is 1. The van der Waals surface area contributed by atoms with Gasteiger partial charge in [0.2, 0.25) is 10.0 Å². The van der Waals surface area contributed by atoms with Crippen LogP contribution in [-0.2, 0) is 10.0 Å². The summed E-state index contributed by atoms with van der Waals surface area (Å²) in [6, 6.07) is 10.9. The third kappa shape index (κ3) is 3.27. The van der Waals surface area contributed by atoms with Crippen LogP contribution in [0.3, 0.4) is 0 Å². The smallest absolute Gasteiger partial charge is 0.241 e. The van der Waals surface area contributed by atoms with Crippen LogP contribution in [0, 0.1) is 0 Å². The van der Waals surface area contributed by atoms with Crippen molar-refractivity contribution in [2.45, 2.75) is 42.7 Å². The first-order valence-electron chi connectivity index (χ1n) is 8.37. The molecule has 3 rings (SSSR count). The van der Waals surface area contributed by atoms with E-state index in [1.165, 1.54) is 0 Å². The van der Waals surface area contributed by atoms with E-state index in [9.17, 15) is 8.42 Å². The molecule has 0 heterocycles. The van der Waals surface area contributed by atoms with Crippen LogP contribution in [0.2, 0.25) is 0 Å². The standard InChI is InChI=1S/C18H25N3O2S/c1-21(2)17-11-5-8-14-13(17)7-6-12-18(14)24(22,23)20-16-10-4-3-9-15(16)19/h5-8,11-12,15-16,20H,3-4,9-10,19H2,1-2H3/t15-,16?/m1/s1. The molecule has 1 saturated carbocycles. The van der Waals surface area contributed by atoms with Crippen molar-refractivity contribution in [3.8, 4) is 0 Å². The van der Waals surface area contributed by atoms with Gasteiger partial charge in [-0.2, -0.15) is 0 Å². The van der Waals surface area contributed by atoms with Crippen LogP contribution < -0.4 is 15.4 Å². The third-order valence-corrected chi connectivity index (χ3v) is 6.30. The van der Waals surface area contributed by atoms with Crippen molar-refractivity contribution >= 4 is 26.5 Å². The SMILES string of the molecule is CN(C)c1cccc2c(S(=O)(=O)NC3CCCC[C@H]3N)cccc12. The maximum absolute atomic E-state index is 13.0. The van der Waals surface area contributed by atoms with E-state index in [1.54, 1.807) is 12.1 Å². The summed E-state index contributed by atoms with van der Waals surface area (Å²) in [7, 11) is 0.297. The minimum Gasteiger partial charge on any atom is -0.377 e. The normalized spacial score (nSPS) is 21.8. The Bertz CT molecular complexity index is 833. The van der Waals surface area contributed by atoms with Gasteiger partial charge in [0.1, 0.15) is 0 Å². The lowest BCUT2D eigenvalue weighted by Crippen LogP contribution is -2.49. The molecule has 0 amide bonds. The molecule has 2 aromatic rings. The van der Waals surface area contributed by atoms with E-state index in [-0.39, 0.29) is 12.1 Å². The molecular formula is C18H25N3O2S. The van der Waals surface area contributed by atoms with Gasteiger partial charge in [0.05, 0.1) is 4.90 Å². The van der Waals surface area contributed by atoms with Crippen LogP contribution in [0.25, 0.3) is 10.8 Å². The molecule has 0 aliphatic heterocycles. The maximum Gasteiger partial charge on any atom is 0.241 e. The molecule has 2 atom stereocenters. The Morgan fingerprint density at radius 2 is 1.71 bits per heavy atom. The van der Waals surface area contributed by atoms with E-state index in [0.717, 1.165) is 42.1 Å². The Hall–Kier alpha value is -1.63. The van der Waals surface area contributed by atoms with Crippen LogP contribution >= 0.6 is 0 Å². The van der Waals surface area contributed by atoms with Gasteiger partial charge in [-0.15, -0.1) is 0 Å². The Labute approximate surface area is 143 Å². The predicted octanol–water partition coefficient (Wildman–Crippen LogP) is 2.45. The number of benzene rings is 2. The monoisotopic (exact) mass is 347 g/mol. The van der Waals surface area contributed by atoms with Crippen molar-refractivity contribution in [2.24, 2.45) is 5.73 Å². The van der Waals surface area contributed by atoms with Crippen molar-refractivity contribution in [1.82, 2.24) is 4.72 Å². The molecule has 1 unspecified atom stereocenters. The van der Waals surface area contributed by atoms with Gasteiger partial charge in [0, 0.05) is 42.6 Å². The summed E-state index contributed by atoms with van der Waals surface area (Å²) in [6.45, 7) is 0. The molecule has 0 saturated heterocycles. The molecule has 6 heteroatoms. The quantitative estimate of drug-likeness (QED) is 0.891. The highest BCUT2D eigenvalue weighted by molar-refractivity contribution is 7.89. The van der Waals surface area contributed by atoms with Crippen molar-refractivity contribution in [3.63, 3.8) is 0 Å². The van der Waals surface area contributed by atoms with E-state index in [1.807, 2.05) is 43.3 Å². The minimum absolute atomic E-state index is 0.110. The fourth-order valence-corrected chi connectivity index (χ4v) is 5.00. The van der Waals surface area contributed by atoms with Crippen molar-refractivity contribution < 1.29 is 8.42 Å². The molecule has 0 bridgehead atoms. The van der Waals surface area contributed by atoms with Crippen LogP contribution in [0.1, 0.15) is 25.7 Å². The summed E-state index contributed by atoms with van der Waals surface area (Å²) in [5, 5.41) is 1.67. The summed E-state index contributed by atoms with van der Waals surface area (Å²) < 4.78 is 28.8. The molecule has 1 aliphatic carbocycles. The molecule has 5 nitrogen and oxygen atoms in total. The lowest BCUT2D eigenvalue weighted by molar-refractivity contribution is 0.361. The Morgan fingerprint density at radius 1 is 1.04 bits per heavy atom. The predicted molar refractivity (Wildman–Crippen MR) is 98.8 cm³/mol. The lowest BCUT2D eigenvalue weighted by Gasteiger charge is -2.29. The average Bonchev–Trinajstić information content (AvgIpc) is 2.55. The Morgan fingerprint density at radius 3 is 2.42 bits per heavy atom. The number of hydrogen-bond acceptors (Lipinski definition) is 4. The van der Waals surface area contributed by atoms with Gasteiger partial charge in [-0.05, 0) is 25.0 Å². The molecule has 130 valence electrons. The maximum atomic E-state index is 13.0. The largest absolute Gasteiger partial charge is 0.377 e. The second kappa shape index (κ2) is 6.70. The number of anilines is 1. The van der Waals surface area contributed by atoms with E-state index in [4.69, 9.17) is 5.73 Å². The molecule has 0 radical (unpaired) electrons. The molecule has 1 aliphatic rings. The number of hydrogen-bond donors (Lipinski definition) is 2. The van der Waals surface area contributed by atoms with Crippen LogP contribution in [0.4, 0.5) is 5.69 Å². The first-order valence-corrected chi connectivity index (χ1v) is 9.85. The van der Waals surface area contributed by atoms with Gasteiger partial charge >= 0.3 is 0 Å². The molecule has 0 aromatic heterocycles. The second-order valence-corrected chi connectivity index (χ2v) is 8.38. The van der Waals surface area contributed by atoms with Gasteiger partial charge in [-0.3, -0.25) is 0 Å². The molecule has 1 fully saturated rings. The van der Waals surface area contributed by atoms with E-state index in [2.05, 4.69) is 4.72 Å². The van der Waals surface area contributed by atoms with Gasteiger partial charge in [0.25, 0.3) is 0 Å². The van der Waals surface area contributed by atoms with Gasteiger partial charge in [-0.25, -0.2) is 13.1 Å². The highest BCUT2D eigenvalue weighted by Gasteiger charge is 2.28. The summed E-state index contributed by atoms with van der Waals surface area (Å²) in [5.41, 5.74) is 7.11. The zero-order chi connectivity index (χ0) is 17.3. The van der Waals surface area contributed by atoms with E-state index < -0.39 is 10.0 Å².